The lowest BCUT2D eigenvalue weighted by molar-refractivity contribution is -0.130. The maximum atomic E-state index is 13.4. The Morgan fingerprint density at radius 1 is 0.800 bits per heavy atom. The first kappa shape index (κ1) is 27.6. The van der Waals surface area contributed by atoms with Crippen LogP contribution < -0.4 is 4.74 Å². The highest BCUT2D eigenvalue weighted by Gasteiger charge is 2.37. The van der Waals surface area contributed by atoms with E-state index in [4.69, 9.17) is 4.74 Å². The molecule has 0 radical (unpaired) electrons. The molecule has 0 aromatic heterocycles. The Kier molecular flexibility index (Phi) is 8.58. The van der Waals surface area contributed by atoms with Crippen molar-refractivity contribution in [3.8, 4) is 5.75 Å². The number of hydrogen-bond donors (Lipinski definition) is 0. The van der Waals surface area contributed by atoms with Crippen LogP contribution in [0.5, 0.6) is 5.75 Å². The maximum Gasteiger partial charge on any atom is 0.253 e. The third-order valence-corrected chi connectivity index (χ3v) is 8.23. The van der Waals surface area contributed by atoms with Gasteiger partial charge in [-0.25, -0.2) is 4.39 Å². The van der Waals surface area contributed by atoms with E-state index in [2.05, 4.69) is 0 Å². The number of hydrogen-bond acceptors (Lipinski definition) is 4. The lowest BCUT2D eigenvalue weighted by Crippen LogP contribution is -2.34. The van der Waals surface area contributed by atoms with Crippen LogP contribution in [0.2, 0.25) is 0 Å². The molecule has 0 aliphatic carbocycles. The molecule has 7 heteroatoms. The molecule has 3 aromatic carbocycles. The van der Waals surface area contributed by atoms with E-state index < -0.39 is 0 Å². The molecule has 0 spiro atoms. The first-order valence-corrected chi connectivity index (χ1v) is 14.0. The second-order valence-electron chi connectivity index (χ2n) is 10.8. The summed E-state index contributed by atoms with van der Waals surface area (Å²) in [4.78, 5) is 42.7. The highest BCUT2D eigenvalue weighted by atomic mass is 19.1. The van der Waals surface area contributed by atoms with Gasteiger partial charge in [-0.2, -0.15) is 0 Å². The van der Waals surface area contributed by atoms with E-state index in [-0.39, 0.29) is 36.3 Å². The summed E-state index contributed by atoms with van der Waals surface area (Å²) in [6, 6.07) is 21.1. The zero-order valence-corrected chi connectivity index (χ0v) is 22.9. The SMILES string of the molecule is COc1ccc(C(=O)CCC(=O)N2C[C@H]3CCN(C(=O)c4cccc(Cc5ccc(F)cc5)c4)CC[C@H]3C2)cc1. The molecule has 0 N–H and O–H groups in total. The van der Waals surface area contributed by atoms with E-state index in [9.17, 15) is 18.8 Å². The molecule has 2 amide bonds. The third kappa shape index (κ3) is 6.58. The Morgan fingerprint density at radius 3 is 2.12 bits per heavy atom. The van der Waals surface area contributed by atoms with Crippen molar-refractivity contribution in [3.63, 3.8) is 0 Å². The van der Waals surface area contributed by atoms with Crippen LogP contribution in [0, 0.1) is 17.7 Å². The Bertz CT molecular complexity index is 1340. The number of ketones is 1. The predicted octanol–water partition coefficient (Wildman–Crippen LogP) is 5.40. The zero-order valence-electron chi connectivity index (χ0n) is 22.9. The number of nitrogens with zero attached hydrogens (tertiary/aromatic N) is 2. The molecule has 2 heterocycles. The third-order valence-electron chi connectivity index (χ3n) is 8.23. The Labute approximate surface area is 234 Å². The highest BCUT2D eigenvalue weighted by molar-refractivity contribution is 5.98. The summed E-state index contributed by atoms with van der Waals surface area (Å²) in [5, 5.41) is 0. The van der Waals surface area contributed by atoms with Crippen LogP contribution >= 0.6 is 0 Å². The molecule has 6 nitrogen and oxygen atoms in total. The number of rotatable bonds is 8. The minimum Gasteiger partial charge on any atom is -0.497 e. The first-order chi connectivity index (χ1) is 19.4. The summed E-state index contributed by atoms with van der Waals surface area (Å²) >= 11 is 0. The van der Waals surface area contributed by atoms with Gasteiger partial charge >= 0.3 is 0 Å². The molecular weight excluding hydrogens is 507 g/mol. The van der Waals surface area contributed by atoms with Crippen molar-refractivity contribution in [2.45, 2.75) is 32.1 Å². The number of carbonyl (C=O) groups is 3. The molecule has 2 fully saturated rings. The number of Topliss-reactive ketones (excluding diaryl/α,β-unsaturated/α-hetero) is 1. The van der Waals surface area contributed by atoms with Gasteiger partial charge in [-0.05, 0) is 90.8 Å². The number of methoxy groups -OCH3 is 1. The number of benzene rings is 3. The smallest absolute Gasteiger partial charge is 0.253 e. The predicted molar refractivity (Wildman–Crippen MR) is 151 cm³/mol. The van der Waals surface area contributed by atoms with Crippen molar-refractivity contribution in [1.29, 1.82) is 0 Å². The summed E-state index contributed by atoms with van der Waals surface area (Å²) in [7, 11) is 1.58. The first-order valence-electron chi connectivity index (χ1n) is 14.0. The lowest BCUT2D eigenvalue weighted by Gasteiger charge is -2.23. The highest BCUT2D eigenvalue weighted by Crippen LogP contribution is 2.33. The van der Waals surface area contributed by atoms with Crippen LogP contribution in [0.1, 0.15) is 57.5 Å². The molecule has 3 aromatic rings. The monoisotopic (exact) mass is 542 g/mol. The summed E-state index contributed by atoms with van der Waals surface area (Å²) in [5.74, 6) is 1.18. The topological polar surface area (TPSA) is 66.9 Å². The van der Waals surface area contributed by atoms with Gasteiger partial charge in [0.25, 0.3) is 5.91 Å². The molecule has 40 heavy (non-hydrogen) atoms. The van der Waals surface area contributed by atoms with E-state index in [0.717, 1.165) is 24.0 Å². The van der Waals surface area contributed by atoms with Gasteiger partial charge in [-0.15, -0.1) is 0 Å². The zero-order chi connectivity index (χ0) is 28.1. The largest absolute Gasteiger partial charge is 0.497 e. The minimum absolute atomic E-state index is 0.0286. The summed E-state index contributed by atoms with van der Waals surface area (Å²) in [6.45, 7) is 2.71. The lowest BCUT2D eigenvalue weighted by atomic mass is 9.92. The van der Waals surface area contributed by atoms with E-state index in [0.29, 0.717) is 61.3 Å². The van der Waals surface area contributed by atoms with Crippen LogP contribution in [0.4, 0.5) is 4.39 Å². The summed E-state index contributed by atoms with van der Waals surface area (Å²) in [5.41, 5.74) is 3.28. The molecule has 0 unspecified atom stereocenters. The number of fused-ring (bicyclic) bond motifs is 1. The van der Waals surface area contributed by atoms with Gasteiger partial charge in [0.2, 0.25) is 5.91 Å². The molecule has 2 aliphatic rings. The fourth-order valence-electron chi connectivity index (χ4n) is 5.89. The Hall–Kier alpha value is -4.00. The molecule has 2 atom stereocenters. The van der Waals surface area contributed by atoms with Crippen molar-refractivity contribution in [2.75, 3.05) is 33.3 Å². The van der Waals surface area contributed by atoms with Crippen molar-refractivity contribution >= 4 is 17.6 Å². The average Bonchev–Trinajstić information content (AvgIpc) is 3.29. The number of amides is 2. The van der Waals surface area contributed by atoms with E-state index in [1.54, 1.807) is 43.5 Å². The van der Waals surface area contributed by atoms with Gasteiger partial charge in [-0.1, -0.05) is 24.3 Å². The Morgan fingerprint density at radius 2 is 1.48 bits per heavy atom. The van der Waals surface area contributed by atoms with Crippen LogP contribution in [0.25, 0.3) is 0 Å². The number of halogens is 1. The van der Waals surface area contributed by atoms with Gasteiger partial charge in [0.1, 0.15) is 11.6 Å². The van der Waals surface area contributed by atoms with Crippen LogP contribution in [-0.4, -0.2) is 60.7 Å². The van der Waals surface area contributed by atoms with Crippen LogP contribution in [0.3, 0.4) is 0 Å². The Balaban J connectivity index is 1.11. The normalized spacial score (nSPS) is 18.6. The standard InChI is InChI=1S/C33H35FN2O4/c1-40-30-11-7-25(8-12-30)31(37)13-14-32(38)36-21-27-15-17-35(18-16-28(27)22-36)33(39)26-4-2-3-24(20-26)19-23-5-9-29(34)10-6-23/h2-12,20,27-28H,13-19,21-22H2,1H3/t27-,28+. The quantitative estimate of drug-likeness (QED) is 0.358. The molecule has 2 aliphatic heterocycles. The van der Waals surface area contributed by atoms with E-state index in [1.807, 2.05) is 34.1 Å². The van der Waals surface area contributed by atoms with Crippen LogP contribution in [-0.2, 0) is 11.2 Å². The average molecular weight is 543 g/mol. The van der Waals surface area contributed by atoms with Gasteiger partial charge in [0, 0.05) is 50.1 Å². The van der Waals surface area contributed by atoms with Gasteiger partial charge in [-0.3, -0.25) is 14.4 Å². The molecule has 208 valence electrons. The van der Waals surface area contributed by atoms with Gasteiger partial charge < -0.3 is 14.5 Å². The van der Waals surface area contributed by atoms with Crippen molar-refractivity contribution in [1.82, 2.24) is 9.80 Å². The second-order valence-corrected chi connectivity index (χ2v) is 10.8. The van der Waals surface area contributed by atoms with E-state index in [1.165, 1.54) is 12.1 Å². The van der Waals surface area contributed by atoms with Crippen molar-refractivity contribution in [3.05, 3.63) is 101 Å². The molecule has 0 saturated carbocycles. The molecular formula is C33H35FN2O4. The minimum atomic E-state index is -0.258. The number of carbonyl (C=O) groups excluding carboxylic acids is 3. The number of likely N-dealkylation sites (tertiary alicyclic amines) is 2. The molecule has 0 bridgehead atoms. The van der Waals surface area contributed by atoms with Crippen molar-refractivity contribution in [2.24, 2.45) is 11.8 Å². The fourth-order valence-corrected chi connectivity index (χ4v) is 5.89. The van der Waals surface area contributed by atoms with E-state index >= 15 is 0 Å². The molecule has 2 saturated heterocycles. The summed E-state index contributed by atoms with van der Waals surface area (Å²) < 4.78 is 18.4. The fraction of sp³-hybridized carbons (Fsp3) is 0.364. The maximum absolute atomic E-state index is 13.4. The van der Waals surface area contributed by atoms with Crippen LogP contribution in [0.15, 0.2) is 72.8 Å². The number of ether oxygens (including phenoxy) is 1. The van der Waals surface area contributed by atoms with Crippen molar-refractivity contribution < 1.29 is 23.5 Å². The van der Waals surface area contributed by atoms with Gasteiger partial charge in [0.05, 0.1) is 7.11 Å². The molecule has 5 rings (SSSR count). The second kappa shape index (κ2) is 12.5. The summed E-state index contributed by atoms with van der Waals surface area (Å²) in [6.07, 6.45) is 2.77. The van der Waals surface area contributed by atoms with Gasteiger partial charge in [0.15, 0.2) is 5.78 Å².